The average molecular weight is 430 g/mol. The van der Waals surface area contributed by atoms with Crippen LogP contribution in [-0.4, -0.2) is 47.9 Å². The minimum absolute atomic E-state index is 0.0721. The Bertz CT molecular complexity index is 946. The van der Waals surface area contributed by atoms with Gasteiger partial charge in [0.15, 0.2) is 0 Å². The van der Waals surface area contributed by atoms with Crippen LogP contribution in [-0.2, 0) is 33.3 Å². The van der Waals surface area contributed by atoms with Crippen LogP contribution in [0, 0.1) is 22.7 Å². The van der Waals surface area contributed by atoms with Gasteiger partial charge in [-0.1, -0.05) is 26.8 Å². The first kappa shape index (κ1) is 20.7. The summed E-state index contributed by atoms with van der Waals surface area (Å²) in [5, 5.41) is 0. The average Bonchev–Trinajstić information content (AvgIpc) is 3.33. The standard InChI is InChI=1S/C24H30O7/c1-11-19-14(30-21(11)27)9-16-23(6)15(22(4,5)8-7-17(23)28-12(2)25)10-18(29-13(3)26)24(16)20(19)31-24/h7-8,14-18,20H,9-10H2,1-6H3/t14-,15-,16+,17-,18+,20-,23-,24-/m1/s1. The predicted molar refractivity (Wildman–Crippen MR) is 109 cm³/mol. The number of carbonyl (C=O) groups is 3. The molecule has 5 rings (SSSR count). The summed E-state index contributed by atoms with van der Waals surface area (Å²) in [4.78, 5) is 36.4. The molecule has 1 spiro atoms. The van der Waals surface area contributed by atoms with Crippen LogP contribution in [0.15, 0.2) is 23.3 Å². The zero-order chi connectivity index (χ0) is 22.5. The first-order valence-corrected chi connectivity index (χ1v) is 11.1. The van der Waals surface area contributed by atoms with E-state index < -0.39 is 23.2 Å². The molecule has 0 aromatic rings. The maximum Gasteiger partial charge on any atom is 0.334 e. The van der Waals surface area contributed by atoms with Crippen molar-refractivity contribution in [2.24, 2.45) is 22.7 Å². The Morgan fingerprint density at radius 2 is 1.74 bits per heavy atom. The van der Waals surface area contributed by atoms with Gasteiger partial charge >= 0.3 is 17.9 Å². The molecule has 7 nitrogen and oxygen atoms in total. The van der Waals surface area contributed by atoms with Crippen LogP contribution in [0.2, 0.25) is 0 Å². The number of esters is 3. The van der Waals surface area contributed by atoms with E-state index >= 15 is 0 Å². The molecule has 3 aliphatic carbocycles. The predicted octanol–water partition coefficient (Wildman–Crippen LogP) is 2.87. The van der Waals surface area contributed by atoms with Crippen molar-refractivity contribution < 1.29 is 33.3 Å². The molecular weight excluding hydrogens is 400 g/mol. The van der Waals surface area contributed by atoms with Crippen molar-refractivity contribution in [3.63, 3.8) is 0 Å². The molecule has 7 heteroatoms. The second-order valence-electron chi connectivity index (χ2n) is 10.6. The van der Waals surface area contributed by atoms with Crippen LogP contribution in [0.5, 0.6) is 0 Å². The second kappa shape index (κ2) is 6.21. The fourth-order valence-electron chi connectivity index (χ4n) is 7.27. The summed E-state index contributed by atoms with van der Waals surface area (Å²) in [5.74, 6) is -1.03. The van der Waals surface area contributed by atoms with Crippen LogP contribution in [0.3, 0.4) is 0 Å². The lowest BCUT2D eigenvalue weighted by molar-refractivity contribution is -0.201. The molecule has 0 N–H and O–H groups in total. The van der Waals surface area contributed by atoms with Crippen LogP contribution >= 0.6 is 0 Å². The van der Waals surface area contributed by atoms with Gasteiger partial charge in [0, 0.05) is 36.3 Å². The highest BCUT2D eigenvalue weighted by Crippen LogP contribution is 2.71. The van der Waals surface area contributed by atoms with E-state index in [0.29, 0.717) is 18.4 Å². The van der Waals surface area contributed by atoms with Gasteiger partial charge in [-0.2, -0.15) is 0 Å². The van der Waals surface area contributed by atoms with Crippen LogP contribution < -0.4 is 0 Å². The van der Waals surface area contributed by atoms with Gasteiger partial charge in [-0.15, -0.1) is 0 Å². The van der Waals surface area contributed by atoms with Gasteiger partial charge in [0.25, 0.3) is 0 Å². The zero-order valence-corrected chi connectivity index (χ0v) is 18.9. The quantitative estimate of drug-likeness (QED) is 0.288. The van der Waals surface area contributed by atoms with Gasteiger partial charge in [-0.25, -0.2) is 4.79 Å². The normalized spacial score (nSPS) is 46.2. The summed E-state index contributed by atoms with van der Waals surface area (Å²) in [6.07, 6.45) is 3.72. The third-order valence-corrected chi connectivity index (χ3v) is 8.55. The minimum Gasteiger partial charge on any atom is -0.459 e. The van der Waals surface area contributed by atoms with Gasteiger partial charge < -0.3 is 18.9 Å². The van der Waals surface area contributed by atoms with Crippen LogP contribution in [0.1, 0.15) is 54.4 Å². The molecular formula is C24H30O7. The molecule has 0 bridgehead atoms. The van der Waals surface area contributed by atoms with Gasteiger partial charge in [0.1, 0.15) is 30.0 Å². The van der Waals surface area contributed by atoms with Crippen molar-refractivity contribution >= 4 is 17.9 Å². The van der Waals surface area contributed by atoms with Crippen molar-refractivity contribution in [1.29, 1.82) is 0 Å². The van der Waals surface area contributed by atoms with E-state index in [1.807, 2.05) is 6.08 Å². The number of epoxide rings is 1. The van der Waals surface area contributed by atoms with E-state index in [0.717, 1.165) is 5.57 Å². The minimum atomic E-state index is -0.725. The third kappa shape index (κ3) is 2.58. The first-order valence-electron chi connectivity index (χ1n) is 11.1. The Hall–Kier alpha value is -2.15. The van der Waals surface area contributed by atoms with Crippen molar-refractivity contribution in [1.82, 2.24) is 0 Å². The summed E-state index contributed by atoms with van der Waals surface area (Å²) in [6.45, 7) is 11.1. The van der Waals surface area contributed by atoms with Crippen molar-refractivity contribution in [3.05, 3.63) is 23.3 Å². The Morgan fingerprint density at radius 3 is 2.39 bits per heavy atom. The molecule has 5 aliphatic rings. The second-order valence-corrected chi connectivity index (χ2v) is 10.6. The Labute approximate surface area is 182 Å². The van der Waals surface area contributed by atoms with Gasteiger partial charge in [0.05, 0.1) is 0 Å². The molecule has 2 saturated carbocycles. The van der Waals surface area contributed by atoms with Crippen molar-refractivity contribution in [3.8, 4) is 0 Å². The van der Waals surface area contributed by atoms with Gasteiger partial charge in [-0.3, -0.25) is 9.59 Å². The van der Waals surface area contributed by atoms with E-state index in [-0.39, 0.29) is 47.4 Å². The number of allylic oxidation sites excluding steroid dienone is 1. The number of hydrogen-bond donors (Lipinski definition) is 0. The highest BCUT2D eigenvalue weighted by molar-refractivity contribution is 5.92. The lowest BCUT2D eigenvalue weighted by Crippen LogP contribution is -2.66. The highest BCUT2D eigenvalue weighted by Gasteiger charge is 2.80. The lowest BCUT2D eigenvalue weighted by atomic mass is 9.44. The number of ether oxygens (including phenoxy) is 4. The van der Waals surface area contributed by atoms with Crippen molar-refractivity contribution in [2.75, 3.05) is 0 Å². The number of rotatable bonds is 2. The maximum absolute atomic E-state index is 12.3. The molecule has 2 heterocycles. The smallest absolute Gasteiger partial charge is 0.334 e. The van der Waals surface area contributed by atoms with E-state index in [2.05, 4.69) is 26.8 Å². The Kier molecular flexibility index (Phi) is 4.16. The Morgan fingerprint density at radius 1 is 1.06 bits per heavy atom. The van der Waals surface area contributed by atoms with E-state index in [9.17, 15) is 14.4 Å². The summed E-state index contributed by atoms with van der Waals surface area (Å²) < 4.78 is 23.8. The number of hydrogen-bond acceptors (Lipinski definition) is 7. The summed E-state index contributed by atoms with van der Waals surface area (Å²) in [7, 11) is 0. The fraction of sp³-hybridized carbons (Fsp3) is 0.708. The molecule has 31 heavy (non-hydrogen) atoms. The SMILES string of the molecule is CC(=O)O[C@H]1C[C@@H]2C(C)(C)C=C[C@@H](OC(C)=O)[C@@]2(C)[C@@H]2C[C@H]3OC(=O)C(C)=C3[C@H]3O[C@]132. The first-order chi connectivity index (χ1) is 14.4. The largest absolute Gasteiger partial charge is 0.459 e. The molecule has 3 fully saturated rings. The molecule has 2 aliphatic heterocycles. The fourth-order valence-corrected chi connectivity index (χ4v) is 7.27. The van der Waals surface area contributed by atoms with E-state index in [4.69, 9.17) is 18.9 Å². The molecule has 1 saturated heterocycles. The monoisotopic (exact) mass is 430 g/mol. The van der Waals surface area contributed by atoms with Crippen LogP contribution in [0.25, 0.3) is 0 Å². The molecule has 8 atom stereocenters. The maximum atomic E-state index is 12.3. The van der Waals surface area contributed by atoms with Crippen LogP contribution in [0.4, 0.5) is 0 Å². The molecule has 0 radical (unpaired) electrons. The van der Waals surface area contributed by atoms with Crippen molar-refractivity contribution in [2.45, 2.75) is 84.4 Å². The van der Waals surface area contributed by atoms with E-state index in [1.165, 1.54) is 13.8 Å². The summed E-state index contributed by atoms with van der Waals surface area (Å²) in [6, 6.07) is 0. The highest BCUT2D eigenvalue weighted by atomic mass is 16.7. The summed E-state index contributed by atoms with van der Waals surface area (Å²) >= 11 is 0. The van der Waals surface area contributed by atoms with Gasteiger partial charge in [-0.05, 0) is 37.2 Å². The summed E-state index contributed by atoms with van der Waals surface area (Å²) in [5.41, 5.74) is 0.0879. The lowest BCUT2D eigenvalue weighted by Gasteiger charge is -2.61. The molecule has 0 unspecified atom stereocenters. The van der Waals surface area contributed by atoms with E-state index in [1.54, 1.807) is 6.92 Å². The zero-order valence-electron chi connectivity index (χ0n) is 18.9. The number of fused-ring (bicyclic) bond motifs is 4. The topological polar surface area (TPSA) is 91.4 Å². The molecule has 168 valence electrons. The molecule has 0 amide bonds. The molecule has 0 aromatic carbocycles. The Balaban J connectivity index is 1.66. The molecule has 0 aromatic heterocycles. The van der Waals surface area contributed by atoms with Gasteiger partial charge in [0.2, 0.25) is 0 Å². The third-order valence-electron chi connectivity index (χ3n) is 8.55. The number of carbonyl (C=O) groups excluding carboxylic acids is 3.